The third-order valence-electron chi connectivity index (χ3n) is 3.79. The highest BCUT2D eigenvalue weighted by atomic mass is 16.4. The van der Waals surface area contributed by atoms with Crippen LogP contribution in [0, 0.1) is 0 Å². The predicted octanol–water partition coefficient (Wildman–Crippen LogP) is 2.74. The standard InChI is InChI=1S/C18H18N2O2/c21-18(22)9-8-16-7-6-15-13-20(11-10-17(15)19-16)12-14-4-2-1-3-5-14/h1-9H,10-13H2,(H,21,22)/b9-8+. The van der Waals surface area contributed by atoms with E-state index < -0.39 is 5.97 Å². The highest BCUT2D eigenvalue weighted by Crippen LogP contribution is 2.20. The van der Waals surface area contributed by atoms with E-state index in [4.69, 9.17) is 5.11 Å². The van der Waals surface area contributed by atoms with E-state index in [0.717, 1.165) is 37.8 Å². The lowest BCUT2D eigenvalue weighted by Gasteiger charge is -2.28. The van der Waals surface area contributed by atoms with Crippen molar-refractivity contribution in [2.45, 2.75) is 19.5 Å². The zero-order chi connectivity index (χ0) is 15.4. The second-order valence-electron chi connectivity index (χ2n) is 5.46. The van der Waals surface area contributed by atoms with Crippen LogP contribution in [-0.2, 0) is 24.3 Å². The molecule has 1 aromatic heterocycles. The number of fused-ring (bicyclic) bond motifs is 1. The third-order valence-corrected chi connectivity index (χ3v) is 3.79. The van der Waals surface area contributed by atoms with Crippen molar-refractivity contribution < 1.29 is 9.90 Å². The molecule has 0 spiro atoms. The Morgan fingerprint density at radius 1 is 1.23 bits per heavy atom. The van der Waals surface area contributed by atoms with Crippen LogP contribution in [0.25, 0.3) is 6.08 Å². The normalized spacial score (nSPS) is 14.9. The van der Waals surface area contributed by atoms with Gasteiger partial charge in [0.05, 0.1) is 5.69 Å². The van der Waals surface area contributed by atoms with Gasteiger partial charge in [-0.15, -0.1) is 0 Å². The number of pyridine rings is 1. The summed E-state index contributed by atoms with van der Waals surface area (Å²) in [5, 5.41) is 8.67. The first kappa shape index (κ1) is 14.5. The van der Waals surface area contributed by atoms with Gasteiger partial charge in [-0.25, -0.2) is 4.79 Å². The number of hydrogen-bond acceptors (Lipinski definition) is 3. The molecule has 0 radical (unpaired) electrons. The van der Waals surface area contributed by atoms with Crippen LogP contribution < -0.4 is 0 Å². The first-order chi connectivity index (χ1) is 10.7. The summed E-state index contributed by atoms with van der Waals surface area (Å²) in [6, 6.07) is 14.4. The van der Waals surface area contributed by atoms with Crippen molar-refractivity contribution >= 4 is 12.0 Å². The first-order valence-corrected chi connectivity index (χ1v) is 7.37. The summed E-state index contributed by atoms with van der Waals surface area (Å²) in [7, 11) is 0. The summed E-state index contributed by atoms with van der Waals surface area (Å²) in [5.41, 5.74) is 4.34. The predicted molar refractivity (Wildman–Crippen MR) is 85.2 cm³/mol. The number of benzene rings is 1. The van der Waals surface area contributed by atoms with Gasteiger partial charge in [0.1, 0.15) is 0 Å². The minimum atomic E-state index is -0.950. The van der Waals surface area contributed by atoms with Crippen molar-refractivity contribution in [1.29, 1.82) is 0 Å². The van der Waals surface area contributed by atoms with Crippen LogP contribution in [0.2, 0.25) is 0 Å². The second kappa shape index (κ2) is 6.54. The summed E-state index contributed by atoms with van der Waals surface area (Å²) < 4.78 is 0. The van der Waals surface area contributed by atoms with Crippen LogP contribution in [0.1, 0.15) is 22.5 Å². The number of carboxylic acid groups (broad SMARTS) is 1. The summed E-state index contributed by atoms with van der Waals surface area (Å²) in [5.74, 6) is -0.950. The summed E-state index contributed by atoms with van der Waals surface area (Å²) in [6.45, 7) is 2.81. The topological polar surface area (TPSA) is 53.4 Å². The molecule has 0 atom stereocenters. The highest BCUT2D eigenvalue weighted by Gasteiger charge is 2.17. The van der Waals surface area contributed by atoms with Crippen molar-refractivity contribution in [3.8, 4) is 0 Å². The van der Waals surface area contributed by atoms with Crippen LogP contribution in [0.3, 0.4) is 0 Å². The molecule has 0 unspecified atom stereocenters. The Morgan fingerprint density at radius 2 is 2.05 bits per heavy atom. The van der Waals surface area contributed by atoms with E-state index in [9.17, 15) is 4.79 Å². The average molecular weight is 294 g/mol. The van der Waals surface area contributed by atoms with Gasteiger partial charge in [-0.2, -0.15) is 0 Å². The zero-order valence-corrected chi connectivity index (χ0v) is 12.3. The summed E-state index contributed by atoms with van der Waals surface area (Å²) in [4.78, 5) is 17.5. The fraction of sp³-hybridized carbons (Fsp3) is 0.222. The Labute approximate surface area is 129 Å². The third kappa shape index (κ3) is 3.59. The van der Waals surface area contributed by atoms with E-state index in [1.54, 1.807) is 6.08 Å². The molecule has 1 aliphatic rings. The molecule has 22 heavy (non-hydrogen) atoms. The Morgan fingerprint density at radius 3 is 2.82 bits per heavy atom. The molecule has 3 rings (SSSR count). The van der Waals surface area contributed by atoms with E-state index in [-0.39, 0.29) is 0 Å². The number of aromatic nitrogens is 1. The van der Waals surface area contributed by atoms with Gasteiger partial charge < -0.3 is 5.11 Å². The van der Waals surface area contributed by atoms with E-state index in [1.807, 2.05) is 12.1 Å². The van der Waals surface area contributed by atoms with Crippen molar-refractivity contribution in [2.75, 3.05) is 6.54 Å². The molecule has 0 saturated heterocycles. The Bertz CT molecular complexity index is 695. The van der Waals surface area contributed by atoms with Crippen LogP contribution in [-0.4, -0.2) is 27.5 Å². The molecule has 2 aromatic rings. The van der Waals surface area contributed by atoms with Crippen molar-refractivity contribution in [2.24, 2.45) is 0 Å². The van der Waals surface area contributed by atoms with Crippen LogP contribution in [0.15, 0.2) is 48.5 Å². The molecular weight excluding hydrogens is 276 g/mol. The van der Waals surface area contributed by atoms with E-state index >= 15 is 0 Å². The van der Waals surface area contributed by atoms with Crippen molar-refractivity contribution in [3.05, 3.63) is 71.1 Å². The van der Waals surface area contributed by atoms with Crippen molar-refractivity contribution in [3.63, 3.8) is 0 Å². The summed E-state index contributed by atoms with van der Waals surface area (Å²) >= 11 is 0. The SMILES string of the molecule is O=C(O)/C=C/c1ccc2c(n1)CCN(Cc1ccccc1)C2. The van der Waals surface area contributed by atoms with E-state index in [1.165, 1.54) is 11.1 Å². The monoisotopic (exact) mass is 294 g/mol. The zero-order valence-electron chi connectivity index (χ0n) is 12.3. The van der Waals surface area contributed by atoms with Gasteiger partial charge >= 0.3 is 5.97 Å². The maximum Gasteiger partial charge on any atom is 0.328 e. The minimum Gasteiger partial charge on any atom is -0.478 e. The molecule has 1 aromatic carbocycles. The molecule has 0 saturated carbocycles. The number of carboxylic acids is 1. The molecule has 4 nitrogen and oxygen atoms in total. The minimum absolute atomic E-state index is 0.706. The van der Waals surface area contributed by atoms with Gasteiger partial charge in [0.2, 0.25) is 0 Å². The van der Waals surface area contributed by atoms with Gasteiger partial charge in [0, 0.05) is 37.8 Å². The number of nitrogens with zero attached hydrogens (tertiary/aromatic N) is 2. The molecular formula is C18H18N2O2. The number of carbonyl (C=O) groups is 1. The van der Waals surface area contributed by atoms with Gasteiger partial charge in [0.25, 0.3) is 0 Å². The molecule has 0 amide bonds. The van der Waals surface area contributed by atoms with Gasteiger partial charge in [-0.05, 0) is 23.3 Å². The van der Waals surface area contributed by atoms with Crippen molar-refractivity contribution in [1.82, 2.24) is 9.88 Å². The molecule has 112 valence electrons. The van der Waals surface area contributed by atoms with E-state index in [2.05, 4.69) is 40.2 Å². The molecule has 1 N–H and O–H groups in total. The molecule has 0 fully saturated rings. The first-order valence-electron chi connectivity index (χ1n) is 7.37. The van der Waals surface area contributed by atoms with Crippen LogP contribution in [0.5, 0.6) is 0 Å². The lowest BCUT2D eigenvalue weighted by atomic mass is 10.0. The molecule has 0 aliphatic carbocycles. The Kier molecular flexibility index (Phi) is 4.30. The smallest absolute Gasteiger partial charge is 0.328 e. The maximum absolute atomic E-state index is 10.6. The fourth-order valence-electron chi connectivity index (χ4n) is 2.72. The highest BCUT2D eigenvalue weighted by molar-refractivity contribution is 5.84. The lowest BCUT2D eigenvalue weighted by Crippen LogP contribution is -2.30. The number of hydrogen-bond donors (Lipinski definition) is 1. The largest absolute Gasteiger partial charge is 0.478 e. The number of rotatable bonds is 4. The molecule has 0 bridgehead atoms. The second-order valence-corrected chi connectivity index (χ2v) is 5.46. The molecule has 2 heterocycles. The molecule has 1 aliphatic heterocycles. The summed E-state index contributed by atoms with van der Waals surface area (Å²) in [6.07, 6.45) is 3.56. The van der Waals surface area contributed by atoms with Gasteiger partial charge in [-0.1, -0.05) is 36.4 Å². The van der Waals surface area contributed by atoms with Gasteiger partial charge in [-0.3, -0.25) is 9.88 Å². The van der Waals surface area contributed by atoms with Crippen LogP contribution >= 0.6 is 0 Å². The Hall–Kier alpha value is -2.46. The van der Waals surface area contributed by atoms with Crippen LogP contribution in [0.4, 0.5) is 0 Å². The quantitative estimate of drug-likeness (QED) is 0.881. The number of aliphatic carboxylic acids is 1. The van der Waals surface area contributed by atoms with E-state index in [0.29, 0.717) is 5.69 Å². The average Bonchev–Trinajstić information content (AvgIpc) is 2.54. The fourth-order valence-corrected chi connectivity index (χ4v) is 2.72. The molecule has 4 heteroatoms. The lowest BCUT2D eigenvalue weighted by molar-refractivity contribution is -0.131. The van der Waals surface area contributed by atoms with Gasteiger partial charge in [0.15, 0.2) is 0 Å². The Balaban J connectivity index is 1.70. The maximum atomic E-state index is 10.6.